The lowest BCUT2D eigenvalue weighted by atomic mass is 9.93. The van der Waals surface area contributed by atoms with Gasteiger partial charge in [0.15, 0.2) is 17.5 Å². The Labute approximate surface area is 412 Å². The molecule has 0 amide bonds. The molecule has 0 radical (unpaired) electrons. The van der Waals surface area contributed by atoms with Crippen molar-refractivity contribution >= 4 is 43.6 Å². The van der Waals surface area contributed by atoms with Crippen molar-refractivity contribution in [1.82, 2.24) is 24.1 Å². The van der Waals surface area contributed by atoms with Gasteiger partial charge >= 0.3 is 0 Å². The summed E-state index contributed by atoms with van der Waals surface area (Å²) in [5, 5.41) is 53.8. The van der Waals surface area contributed by atoms with Crippen LogP contribution >= 0.6 is 0 Å². The molecule has 12 aromatic rings. The number of fused-ring (bicyclic) bond motifs is 6. The van der Waals surface area contributed by atoms with Crippen molar-refractivity contribution in [2.75, 3.05) is 0 Å². The largest absolute Gasteiger partial charge is 0.309 e. The quantitative estimate of drug-likeness (QED) is 0.152. The molecule has 10 nitrogen and oxygen atoms in total. The van der Waals surface area contributed by atoms with Crippen LogP contribution in [0.2, 0.25) is 0 Å². The second-order valence-corrected chi connectivity index (χ2v) is 17.2. The van der Waals surface area contributed by atoms with Crippen molar-refractivity contribution in [3.8, 4) is 98.1 Å². The van der Waals surface area contributed by atoms with E-state index < -0.39 is 0 Å². The lowest BCUT2D eigenvalue weighted by Gasteiger charge is -2.19. The van der Waals surface area contributed by atoms with Crippen LogP contribution in [0.4, 0.5) is 0 Å². The summed E-state index contributed by atoms with van der Waals surface area (Å²) in [6, 6.07) is 73.4. The molecular weight excluding hydrogens is 885 g/mol. The first-order valence-electron chi connectivity index (χ1n) is 22.9. The van der Waals surface area contributed by atoms with Crippen LogP contribution in [0.5, 0.6) is 0 Å². The van der Waals surface area contributed by atoms with Gasteiger partial charge in [0.2, 0.25) is 0 Å². The predicted molar refractivity (Wildman–Crippen MR) is 279 cm³/mol. The second-order valence-electron chi connectivity index (χ2n) is 17.2. The molecule has 3 aromatic heterocycles. The highest BCUT2D eigenvalue weighted by atomic mass is 15.1. The van der Waals surface area contributed by atoms with Gasteiger partial charge in [-0.05, 0) is 120 Å². The fraction of sp³-hybridized carbons (Fsp3) is 0. The molecule has 330 valence electrons. The number of nitrogens with zero attached hydrogens (tertiary/aromatic N) is 10. The van der Waals surface area contributed by atoms with E-state index in [1.54, 1.807) is 24.3 Å². The van der Waals surface area contributed by atoms with Crippen LogP contribution in [0.15, 0.2) is 194 Å². The third-order valence-electron chi connectivity index (χ3n) is 13.1. The van der Waals surface area contributed by atoms with E-state index >= 15 is 0 Å². The van der Waals surface area contributed by atoms with Gasteiger partial charge in [0.05, 0.1) is 91.6 Å². The highest BCUT2D eigenvalue weighted by Gasteiger charge is 2.24. The predicted octanol–water partition coefficient (Wildman–Crippen LogP) is 13.8. The van der Waals surface area contributed by atoms with E-state index in [1.807, 2.05) is 140 Å². The Morgan fingerprint density at radius 2 is 0.667 bits per heavy atom. The molecule has 0 aliphatic rings. The summed E-state index contributed by atoms with van der Waals surface area (Å²) in [6.45, 7) is 0. The van der Waals surface area contributed by atoms with Crippen LogP contribution in [0, 0.1) is 56.7 Å². The van der Waals surface area contributed by atoms with E-state index in [4.69, 9.17) is 15.0 Å². The van der Waals surface area contributed by atoms with Crippen molar-refractivity contribution in [2.24, 2.45) is 0 Å². The van der Waals surface area contributed by atoms with Crippen LogP contribution in [-0.2, 0) is 0 Å². The van der Waals surface area contributed by atoms with Gasteiger partial charge in [-0.2, -0.15) is 26.3 Å². The third-order valence-corrected chi connectivity index (χ3v) is 13.1. The van der Waals surface area contributed by atoms with Crippen molar-refractivity contribution < 1.29 is 0 Å². The van der Waals surface area contributed by atoms with E-state index in [0.29, 0.717) is 50.9 Å². The van der Waals surface area contributed by atoms with Crippen molar-refractivity contribution in [2.45, 2.75) is 0 Å². The highest BCUT2D eigenvalue weighted by molar-refractivity contribution is 6.12. The molecule has 0 bridgehead atoms. The van der Waals surface area contributed by atoms with Crippen LogP contribution in [0.1, 0.15) is 27.8 Å². The summed E-state index contributed by atoms with van der Waals surface area (Å²) >= 11 is 0. The Bertz CT molecular complexity index is 4250. The van der Waals surface area contributed by atoms with Crippen LogP contribution in [0.25, 0.3) is 111 Å². The minimum Gasteiger partial charge on any atom is -0.309 e. The Morgan fingerprint density at radius 3 is 1.10 bits per heavy atom. The fourth-order valence-electron chi connectivity index (χ4n) is 9.81. The Balaban J connectivity index is 1.21. The smallest absolute Gasteiger partial charge is 0.166 e. The van der Waals surface area contributed by atoms with Gasteiger partial charge < -0.3 is 9.13 Å². The summed E-state index contributed by atoms with van der Waals surface area (Å²) in [6.07, 6.45) is 0. The van der Waals surface area contributed by atoms with Crippen LogP contribution in [-0.4, -0.2) is 24.1 Å². The van der Waals surface area contributed by atoms with Gasteiger partial charge in [0.25, 0.3) is 0 Å². The molecule has 72 heavy (non-hydrogen) atoms. The standard InChI is InChI=1S/C62H32N10/c63-33-38-15-21-55-49(27-38)50-28-39(34-64)16-22-56(50)71(55)54-25-19-44(47-14-8-7-13-46(47)37-67)31-48(54)45-20-26-59(72-57-23-17-40(35-65)29-51(57)52-30-41(36-66)18-24-58(52)72)53(32-45)62-69-60(42-9-3-1-4-10-42)68-61(70-62)43-11-5-2-6-12-43/h1-32H. The molecule has 9 aromatic carbocycles. The lowest BCUT2D eigenvalue weighted by Crippen LogP contribution is -2.04. The molecule has 0 saturated heterocycles. The van der Waals surface area contributed by atoms with Gasteiger partial charge in [0, 0.05) is 43.8 Å². The van der Waals surface area contributed by atoms with E-state index in [1.165, 1.54) is 0 Å². The number of hydrogen-bond acceptors (Lipinski definition) is 8. The Hall–Kier alpha value is -11.0. The molecule has 0 unspecified atom stereocenters. The molecule has 0 atom stereocenters. The van der Waals surface area contributed by atoms with E-state index in [9.17, 15) is 26.3 Å². The van der Waals surface area contributed by atoms with Crippen LogP contribution < -0.4 is 0 Å². The summed E-state index contributed by atoms with van der Waals surface area (Å²) in [4.78, 5) is 15.6. The van der Waals surface area contributed by atoms with Crippen LogP contribution in [0.3, 0.4) is 0 Å². The highest BCUT2D eigenvalue weighted by Crippen LogP contribution is 2.43. The molecule has 0 spiro atoms. The number of rotatable bonds is 7. The molecule has 0 aliphatic carbocycles. The summed E-state index contributed by atoms with van der Waals surface area (Å²) in [7, 11) is 0. The van der Waals surface area contributed by atoms with Gasteiger partial charge in [-0.25, -0.2) is 15.0 Å². The summed E-state index contributed by atoms with van der Waals surface area (Å²) in [5.74, 6) is 1.35. The molecular formula is C62H32N10. The Kier molecular flexibility index (Phi) is 10.2. The SMILES string of the molecule is N#Cc1ccc2c(c1)c1cc(C#N)ccc1n2-c1ccc(-c2ccccc2C#N)cc1-c1ccc(-n2c3ccc(C#N)cc3c3cc(C#N)ccc32)c(-c2nc(-c3ccccc3)nc(-c3ccccc3)n2)c1. The second kappa shape index (κ2) is 17.3. The molecule has 0 saturated carbocycles. The van der Waals surface area contributed by atoms with E-state index in [2.05, 4.69) is 69.8 Å². The number of aromatic nitrogens is 5. The maximum Gasteiger partial charge on any atom is 0.166 e. The van der Waals surface area contributed by atoms with E-state index in [-0.39, 0.29) is 0 Å². The maximum absolute atomic E-state index is 10.3. The minimum absolute atomic E-state index is 0.398. The monoisotopic (exact) mass is 916 g/mol. The fourth-order valence-corrected chi connectivity index (χ4v) is 9.81. The zero-order valence-corrected chi connectivity index (χ0v) is 37.9. The van der Waals surface area contributed by atoms with Crippen molar-refractivity contribution in [3.05, 3.63) is 222 Å². The average molecular weight is 917 g/mol. The van der Waals surface area contributed by atoms with Gasteiger partial charge in [-0.15, -0.1) is 0 Å². The first-order valence-corrected chi connectivity index (χ1v) is 22.9. The topological polar surface area (TPSA) is 167 Å². The first-order chi connectivity index (χ1) is 35.4. The first kappa shape index (κ1) is 42.4. The lowest BCUT2D eigenvalue weighted by molar-refractivity contribution is 1.06. The third kappa shape index (κ3) is 7.04. The normalized spacial score (nSPS) is 11.0. The zero-order chi connectivity index (χ0) is 48.9. The molecule has 10 heteroatoms. The summed E-state index contributed by atoms with van der Waals surface area (Å²) < 4.78 is 4.29. The molecule has 0 fully saturated rings. The van der Waals surface area contributed by atoms with Crippen molar-refractivity contribution in [1.29, 1.82) is 26.3 Å². The zero-order valence-electron chi connectivity index (χ0n) is 37.9. The molecule has 0 aliphatic heterocycles. The minimum atomic E-state index is 0.398. The summed E-state index contributed by atoms with van der Waals surface area (Å²) in [5.41, 5.74) is 12.7. The number of benzene rings is 9. The van der Waals surface area contributed by atoms with E-state index in [0.717, 1.165) is 88.4 Å². The number of nitriles is 5. The average Bonchev–Trinajstić information content (AvgIpc) is 3.95. The molecule has 3 heterocycles. The molecule has 0 N–H and O–H groups in total. The maximum atomic E-state index is 10.3. The Morgan fingerprint density at radius 1 is 0.292 bits per heavy atom. The van der Waals surface area contributed by atoms with Gasteiger partial charge in [0.1, 0.15) is 0 Å². The number of hydrogen-bond donors (Lipinski definition) is 0. The van der Waals surface area contributed by atoms with Crippen molar-refractivity contribution in [3.63, 3.8) is 0 Å². The molecule has 12 rings (SSSR count). The van der Waals surface area contributed by atoms with Gasteiger partial charge in [-0.1, -0.05) is 91.0 Å². The van der Waals surface area contributed by atoms with Gasteiger partial charge in [-0.3, -0.25) is 0 Å².